The average Bonchev–Trinajstić information content (AvgIpc) is 2.23. The van der Waals surface area contributed by atoms with Gasteiger partial charge in [0, 0.05) is 16.5 Å². The minimum atomic E-state index is 0.978. The van der Waals surface area contributed by atoms with Crippen LogP contribution in [0.3, 0.4) is 0 Å². The van der Waals surface area contributed by atoms with Gasteiger partial charge in [0.2, 0.25) is 0 Å². The highest BCUT2D eigenvalue weighted by atomic mass is 127. The number of para-hydroxylation sites is 1. The molecular weight excluding hydrogens is 287 g/mol. The molecule has 1 N–H and O–H groups in total. The molecule has 0 atom stereocenters. The normalized spacial score (nSPS) is 16.2. The van der Waals surface area contributed by atoms with Crippen molar-refractivity contribution < 1.29 is 0 Å². The van der Waals surface area contributed by atoms with E-state index in [0.29, 0.717) is 0 Å². The zero-order valence-corrected chi connectivity index (χ0v) is 10.1. The molecule has 0 spiro atoms. The minimum absolute atomic E-state index is 0.978. The van der Waals surface area contributed by atoms with Crippen molar-refractivity contribution in [2.75, 3.05) is 11.9 Å². The molecule has 0 radical (unpaired) electrons. The Hall–Kier alpha value is -0.580. The van der Waals surface area contributed by atoms with Gasteiger partial charge in [-0.15, -0.1) is 0 Å². The molecule has 1 aliphatic heterocycles. The van der Waals surface area contributed by atoms with E-state index in [1.165, 1.54) is 22.1 Å². The van der Waals surface area contributed by atoms with Crippen molar-refractivity contribution in [2.24, 2.45) is 4.99 Å². The van der Waals surface area contributed by atoms with Gasteiger partial charge in [0.25, 0.3) is 0 Å². The van der Waals surface area contributed by atoms with E-state index in [-0.39, 0.29) is 0 Å². The maximum absolute atomic E-state index is 4.47. The predicted molar refractivity (Wildman–Crippen MR) is 68.9 cm³/mol. The molecule has 0 bridgehead atoms. The molecule has 2 rings (SSSR count). The lowest BCUT2D eigenvalue weighted by Crippen LogP contribution is -2.16. The Bertz CT molecular complexity index is 347. The van der Waals surface area contributed by atoms with Crippen LogP contribution in [0.15, 0.2) is 29.3 Å². The number of hydrogen-bond donors (Lipinski definition) is 1. The molecular formula is C11H13IN2. The molecule has 1 aromatic carbocycles. The molecule has 0 aromatic heterocycles. The monoisotopic (exact) mass is 300 g/mol. The fourth-order valence-corrected chi connectivity index (χ4v) is 2.04. The second-order valence-corrected chi connectivity index (χ2v) is 4.55. The first-order valence-corrected chi connectivity index (χ1v) is 5.99. The van der Waals surface area contributed by atoms with Crippen LogP contribution in [0.1, 0.15) is 19.3 Å². The summed E-state index contributed by atoms with van der Waals surface area (Å²) in [5.41, 5.74) is 1.17. The first-order chi connectivity index (χ1) is 6.86. The number of amidine groups is 1. The maximum Gasteiger partial charge on any atom is 0.101 e. The van der Waals surface area contributed by atoms with Gasteiger partial charge in [-0.3, -0.25) is 4.99 Å². The van der Waals surface area contributed by atoms with E-state index < -0.39 is 0 Å². The first-order valence-electron chi connectivity index (χ1n) is 4.91. The Kier molecular flexibility index (Phi) is 3.39. The standard InChI is InChI=1S/C11H13IN2/c12-9-5-1-2-6-10(9)14-11-7-3-4-8-13-11/h1-2,5-6H,3-4,7-8H2,(H,13,14). The van der Waals surface area contributed by atoms with Gasteiger partial charge >= 0.3 is 0 Å². The summed E-state index contributed by atoms with van der Waals surface area (Å²) in [6, 6.07) is 8.30. The second-order valence-electron chi connectivity index (χ2n) is 3.39. The number of halogens is 1. The van der Waals surface area contributed by atoms with E-state index >= 15 is 0 Å². The van der Waals surface area contributed by atoms with Crippen molar-refractivity contribution in [2.45, 2.75) is 19.3 Å². The molecule has 0 aliphatic carbocycles. The van der Waals surface area contributed by atoms with Crippen molar-refractivity contribution in [3.05, 3.63) is 27.8 Å². The van der Waals surface area contributed by atoms with E-state index in [4.69, 9.17) is 0 Å². The third-order valence-electron chi connectivity index (χ3n) is 2.28. The number of aliphatic imine (C=N–C) groups is 1. The zero-order valence-electron chi connectivity index (χ0n) is 7.96. The van der Waals surface area contributed by atoms with Gasteiger partial charge in [0.15, 0.2) is 0 Å². The molecule has 0 saturated carbocycles. The van der Waals surface area contributed by atoms with Crippen molar-refractivity contribution >= 4 is 34.1 Å². The molecule has 1 aliphatic rings. The van der Waals surface area contributed by atoms with Crippen LogP contribution in [0.2, 0.25) is 0 Å². The summed E-state index contributed by atoms with van der Waals surface area (Å²) in [6.45, 7) is 0.978. The van der Waals surface area contributed by atoms with Crippen LogP contribution in [0.25, 0.3) is 0 Å². The molecule has 1 aromatic rings. The van der Waals surface area contributed by atoms with Gasteiger partial charge in [-0.2, -0.15) is 0 Å². The van der Waals surface area contributed by atoms with Crippen LogP contribution in [0, 0.1) is 3.57 Å². The number of rotatable bonds is 1. The lowest BCUT2D eigenvalue weighted by Gasteiger charge is -2.14. The van der Waals surface area contributed by atoms with E-state index in [2.05, 4.69) is 51.1 Å². The Labute approximate surface area is 98.0 Å². The van der Waals surface area contributed by atoms with Gasteiger partial charge in [0.1, 0.15) is 5.84 Å². The highest BCUT2D eigenvalue weighted by Gasteiger charge is 2.06. The Balaban J connectivity index is 2.10. The smallest absolute Gasteiger partial charge is 0.101 e. The van der Waals surface area contributed by atoms with Gasteiger partial charge in [-0.1, -0.05) is 12.1 Å². The highest BCUT2D eigenvalue weighted by molar-refractivity contribution is 14.1. The van der Waals surface area contributed by atoms with Crippen LogP contribution in [-0.2, 0) is 0 Å². The van der Waals surface area contributed by atoms with E-state index in [0.717, 1.165) is 18.8 Å². The number of nitrogens with one attached hydrogen (secondary N) is 1. The fourth-order valence-electron chi connectivity index (χ4n) is 1.52. The van der Waals surface area contributed by atoms with Crippen LogP contribution >= 0.6 is 22.6 Å². The minimum Gasteiger partial charge on any atom is -0.343 e. The highest BCUT2D eigenvalue weighted by Crippen LogP contribution is 2.18. The third kappa shape index (κ3) is 2.47. The van der Waals surface area contributed by atoms with Gasteiger partial charge in [-0.25, -0.2) is 0 Å². The molecule has 3 heteroatoms. The number of hydrogen-bond acceptors (Lipinski definition) is 2. The number of nitrogens with zero attached hydrogens (tertiary/aromatic N) is 1. The molecule has 74 valence electrons. The lowest BCUT2D eigenvalue weighted by atomic mass is 10.2. The molecule has 2 nitrogen and oxygen atoms in total. The fraction of sp³-hybridized carbons (Fsp3) is 0.364. The topological polar surface area (TPSA) is 24.4 Å². The van der Waals surface area contributed by atoms with Gasteiger partial charge in [0.05, 0.1) is 5.69 Å². The molecule has 1 heterocycles. The third-order valence-corrected chi connectivity index (χ3v) is 3.22. The summed E-state index contributed by atoms with van der Waals surface area (Å²) in [6.07, 6.45) is 3.58. The first kappa shape index (κ1) is 9.96. The Morgan fingerprint density at radius 1 is 1.21 bits per heavy atom. The Morgan fingerprint density at radius 3 is 2.79 bits per heavy atom. The van der Waals surface area contributed by atoms with Crippen molar-refractivity contribution in [1.82, 2.24) is 0 Å². The summed E-state index contributed by atoms with van der Waals surface area (Å²) >= 11 is 2.34. The van der Waals surface area contributed by atoms with Crippen LogP contribution in [-0.4, -0.2) is 12.4 Å². The summed E-state index contributed by atoms with van der Waals surface area (Å²) in [7, 11) is 0. The van der Waals surface area contributed by atoms with E-state index in [1.54, 1.807) is 0 Å². The largest absolute Gasteiger partial charge is 0.343 e. The van der Waals surface area contributed by atoms with Crippen LogP contribution in [0.4, 0.5) is 5.69 Å². The van der Waals surface area contributed by atoms with Gasteiger partial charge in [-0.05, 0) is 47.6 Å². The zero-order chi connectivity index (χ0) is 9.80. The van der Waals surface area contributed by atoms with Crippen LogP contribution < -0.4 is 5.32 Å². The van der Waals surface area contributed by atoms with E-state index in [1.807, 2.05) is 6.07 Å². The summed E-state index contributed by atoms with van der Waals surface area (Å²) < 4.78 is 1.25. The molecule has 0 unspecified atom stereocenters. The summed E-state index contributed by atoms with van der Waals surface area (Å²) in [5, 5.41) is 3.39. The summed E-state index contributed by atoms with van der Waals surface area (Å²) in [4.78, 5) is 4.47. The molecule has 14 heavy (non-hydrogen) atoms. The van der Waals surface area contributed by atoms with Crippen molar-refractivity contribution in [3.63, 3.8) is 0 Å². The van der Waals surface area contributed by atoms with E-state index in [9.17, 15) is 0 Å². The molecule has 0 amide bonds. The van der Waals surface area contributed by atoms with Crippen molar-refractivity contribution in [3.8, 4) is 0 Å². The quantitative estimate of drug-likeness (QED) is 0.791. The number of benzene rings is 1. The van der Waals surface area contributed by atoms with Gasteiger partial charge < -0.3 is 5.32 Å². The summed E-state index contributed by atoms with van der Waals surface area (Å²) in [5.74, 6) is 1.14. The molecule has 0 saturated heterocycles. The average molecular weight is 300 g/mol. The van der Waals surface area contributed by atoms with Crippen LogP contribution in [0.5, 0.6) is 0 Å². The molecule has 0 fully saturated rings. The second kappa shape index (κ2) is 4.77. The van der Waals surface area contributed by atoms with Crippen molar-refractivity contribution in [1.29, 1.82) is 0 Å². The number of anilines is 1. The lowest BCUT2D eigenvalue weighted by molar-refractivity contribution is 0.737. The Morgan fingerprint density at radius 2 is 2.07 bits per heavy atom. The SMILES string of the molecule is Ic1ccccc1NC1=NCCCC1. The predicted octanol–water partition coefficient (Wildman–Crippen LogP) is 3.29. The maximum atomic E-state index is 4.47.